The highest BCUT2D eigenvalue weighted by Crippen LogP contribution is 2.45. The molecule has 4 N–H and O–H groups in total. The third-order valence-corrected chi connectivity index (χ3v) is 6.55. The largest absolute Gasteiger partial charge is 0.444 e. The predicted molar refractivity (Wildman–Crippen MR) is 120 cm³/mol. The van der Waals surface area contributed by atoms with Crippen LogP contribution in [0.3, 0.4) is 0 Å². The third kappa shape index (κ3) is 6.05. The number of fused-ring (bicyclic) bond motifs is 1. The Morgan fingerprint density at radius 3 is 2.21 bits per heavy atom. The maximum atomic E-state index is 13.2. The van der Waals surface area contributed by atoms with Crippen molar-refractivity contribution in [1.82, 2.24) is 20.9 Å². The normalized spacial score (nSPS) is 25.3. The van der Waals surface area contributed by atoms with E-state index in [1.54, 1.807) is 27.7 Å². The molecular weight excluding hydrogens is 444 g/mol. The number of aliphatic hydroxyl groups is 1. The van der Waals surface area contributed by atoms with Crippen LogP contribution in [0.5, 0.6) is 0 Å². The molecule has 0 bridgehead atoms. The van der Waals surface area contributed by atoms with Crippen molar-refractivity contribution in [3.05, 3.63) is 0 Å². The van der Waals surface area contributed by atoms with Gasteiger partial charge in [-0.3, -0.25) is 19.2 Å². The smallest absolute Gasteiger partial charge is 0.408 e. The summed E-state index contributed by atoms with van der Waals surface area (Å²) >= 11 is 0. The number of ketones is 1. The molecule has 0 unspecified atom stereocenters. The Balaban J connectivity index is 1.68. The molecule has 3 aliphatic rings. The third-order valence-electron chi connectivity index (χ3n) is 6.55. The molecule has 11 heteroatoms. The maximum Gasteiger partial charge on any atom is 0.408 e. The molecule has 4 amide bonds. The second-order valence-electron chi connectivity index (χ2n) is 10.4. The van der Waals surface area contributed by atoms with Crippen LogP contribution in [0.15, 0.2) is 0 Å². The molecule has 5 atom stereocenters. The summed E-state index contributed by atoms with van der Waals surface area (Å²) in [6, 6.07) is -3.07. The first-order valence-electron chi connectivity index (χ1n) is 12.0. The molecule has 34 heavy (non-hydrogen) atoms. The number of nitrogens with one attached hydrogen (secondary N) is 3. The lowest BCUT2D eigenvalue weighted by Gasteiger charge is -2.34. The SMILES string of the molecule is CC[C@H](NC(=O)[C@@H]1[C@H]2CC[C@H]2CN1C(=O)[C@H](CO)NC(=O)OC(C)(C)C)C(=O)C(=O)NC1CC1. The number of amides is 4. The van der Waals surface area contributed by atoms with E-state index in [-0.39, 0.29) is 24.3 Å². The quantitative estimate of drug-likeness (QED) is 0.335. The van der Waals surface area contributed by atoms with Crippen LogP contribution in [0.1, 0.15) is 59.8 Å². The molecule has 0 aromatic rings. The number of aliphatic hydroxyl groups excluding tert-OH is 1. The molecule has 190 valence electrons. The number of rotatable bonds is 9. The van der Waals surface area contributed by atoms with E-state index in [4.69, 9.17) is 4.74 Å². The summed E-state index contributed by atoms with van der Waals surface area (Å²) in [5.74, 6) is -2.45. The van der Waals surface area contributed by atoms with Crippen molar-refractivity contribution >= 4 is 29.6 Å². The van der Waals surface area contributed by atoms with Gasteiger partial charge in [0.2, 0.25) is 17.6 Å². The average Bonchev–Trinajstić information content (AvgIpc) is 3.51. The highest BCUT2D eigenvalue weighted by molar-refractivity contribution is 6.38. The van der Waals surface area contributed by atoms with Gasteiger partial charge >= 0.3 is 6.09 Å². The number of nitrogens with zero attached hydrogens (tertiary/aromatic N) is 1. The zero-order valence-corrected chi connectivity index (χ0v) is 20.3. The minimum Gasteiger partial charge on any atom is -0.444 e. The standard InChI is InChI=1S/C23H36N4O7/c1-5-15(18(29)20(31)24-13-7-8-13)25-19(30)17-14-9-6-12(14)10-27(17)21(32)16(11-28)26-22(33)34-23(2,3)4/h12-17,28H,5-11H2,1-4H3,(H,24,31)(H,25,30)(H,26,33)/t12-,14-,15-,16-,17-/m0/s1. The van der Waals surface area contributed by atoms with Crippen molar-refractivity contribution < 1.29 is 33.8 Å². The summed E-state index contributed by atoms with van der Waals surface area (Å²) in [5.41, 5.74) is -0.782. The number of ether oxygens (including phenoxy) is 1. The Labute approximate surface area is 199 Å². The van der Waals surface area contributed by atoms with Crippen LogP contribution in [0, 0.1) is 11.8 Å². The molecule has 3 rings (SSSR count). The first-order chi connectivity index (χ1) is 15.9. The fraction of sp³-hybridized carbons (Fsp3) is 0.783. The summed E-state index contributed by atoms with van der Waals surface area (Å²) in [7, 11) is 0. The van der Waals surface area contributed by atoms with Crippen LogP contribution in [0.25, 0.3) is 0 Å². The molecule has 1 saturated heterocycles. The molecule has 1 aliphatic heterocycles. The minimum absolute atomic E-state index is 0.0243. The molecule has 2 aliphatic carbocycles. The lowest BCUT2D eigenvalue weighted by atomic mass is 9.73. The van der Waals surface area contributed by atoms with Gasteiger partial charge < -0.3 is 30.7 Å². The van der Waals surface area contributed by atoms with Crippen molar-refractivity contribution in [2.45, 2.75) is 89.6 Å². The lowest BCUT2D eigenvalue weighted by Crippen LogP contribution is -2.58. The van der Waals surface area contributed by atoms with Gasteiger partial charge in [0.25, 0.3) is 5.91 Å². The predicted octanol–water partition coefficient (Wildman–Crippen LogP) is -0.148. The summed E-state index contributed by atoms with van der Waals surface area (Å²) in [6.45, 7) is 6.39. The van der Waals surface area contributed by atoms with E-state index >= 15 is 0 Å². The molecule has 1 heterocycles. The zero-order chi connectivity index (χ0) is 25.2. The van der Waals surface area contributed by atoms with Gasteiger partial charge in [0, 0.05) is 12.6 Å². The van der Waals surface area contributed by atoms with Crippen molar-refractivity contribution in [3.63, 3.8) is 0 Å². The van der Waals surface area contributed by atoms with Crippen LogP contribution < -0.4 is 16.0 Å². The number of likely N-dealkylation sites (tertiary alicyclic amines) is 1. The Morgan fingerprint density at radius 2 is 1.71 bits per heavy atom. The van der Waals surface area contributed by atoms with Gasteiger partial charge in [-0.25, -0.2) is 4.79 Å². The van der Waals surface area contributed by atoms with E-state index in [0.29, 0.717) is 6.54 Å². The highest BCUT2D eigenvalue weighted by atomic mass is 16.6. The molecule has 0 spiro atoms. The number of hydrogen-bond acceptors (Lipinski definition) is 7. The minimum atomic E-state index is -1.27. The van der Waals surface area contributed by atoms with Crippen LogP contribution in [-0.4, -0.2) is 82.5 Å². The molecular formula is C23H36N4O7. The topological polar surface area (TPSA) is 154 Å². The van der Waals surface area contributed by atoms with Crippen molar-refractivity contribution in [3.8, 4) is 0 Å². The summed E-state index contributed by atoms with van der Waals surface area (Å²) < 4.78 is 5.17. The maximum absolute atomic E-state index is 13.2. The molecule has 0 aromatic carbocycles. The zero-order valence-electron chi connectivity index (χ0n) is 20.3. The monoisotopic (exact) mass is 480 g/mol. The van der Waals surface area contributed by atoms with E-state index in [2.05, 4.69) is 16.0 Å². The Hall–Kier alpha value is -2.69. The van der Waals surface area contributed by atoms with E-state index in [1.807, 2.05) is 0 Å². The van der Waals surface area contributed by atoms with Gasteiger partial charge in [-0.05, 0) is 64.7 Å². The summed E-state index contributed by atoms with van der Waals surface area (Å²) in [6.07, 6.45) is 2.68. The Kier molecular flexibility index (Phi) is 7.84. The van der Waals surface area contributed by atoms with Crippen molar-refractivity contribution in [2.75, 3.05) is 13.2 Å². The number of alkyl carbamates (subject to hydrolysis) is 1. The van der Waals surface area contributed by atoms with Gasteiger partial charge in [-0.1, -0.05) is 6.92 Å². The molecule has 3 fully saturated rings. The van der Waals surface area contributed by atoms with Gasteiger partial charge in [0.05, 0.1) is 12.6 Å². The van der Waals surface area contributed by atoms with Gasteiger partial charge in [-0.15, -0.1) is 0 Å². The summed E-state index contributed by atoms with van der Waals surface area (Å²) in [5, 5.41) is 17.4. The van der Waals surface area contributed by atoms with Crippen LogP contribution in [-0.2, 0) is 23.9 Å². The van der Waals surface area contributed by atoms with E-state index in [1.165, 1.54) is 4.90 Å². The molecule has 11 nitrogen and oxygen atoms in total. The van der Waals surface area contributed by atoms with Gasteiger partial charge in [-0.2, -0.15) is 0 Å². The van der Waals surface area contributed by atoms with E-state index in [9.17, 15) is 29.1 Å². The fourth-order valence-electron chi connectivity index (χ4n) is 4.49. The Bertz CT molecular complexity index is 836. The second kappa shape index (κ2) is 10.3. The average molecular weight is 481 g/mol. The van der Waals surface area contributed by atoms with Gasteiger partial charge in [0.15, 0.2) is 0 Å². The summed E-state index contributed by atoms with van der Waals surface area (Å²) in [4.78, 5) is 64.7. The van der Waals surface area contributed by atoms with E-state index in [0.717, 1.165) is 25.7 Å². The van der Waals surface area contributed by atoms with Crippen LogP contribution in [0.4, 0.5) is 4.79 Å². The first kappa shape index (κ1) is 25.9. The van der Waals surface area contributed by atoms with Crippen molar-refractivity contribution in [2.24, 2.45) is 11.8 Å². The molecule has 0 aromatic heterocycles. The molecule has 2 saturated carbocycles. The second-order valence-corrected chi connectivity index (χ2v) is 10.4. The fourth-order valence-corrected chi connectivity index (χ4v) is 4.49. The van der Waals surface area contributed by atoms with Crippen LogP contribution >= 0.6 is 0 Å². The van der Waals surface area contributed by atoms with E-state index < -0.39 is 59.9 Å². The number of carbonyl (C=O) groups is 5. The number of Topliss-reactive ketones (excluding diaryl/α,β-unsaturated/α-hetero) is 1. The van der Waals surface area contributed by atoms with Gasteiger partial charge in [0.1, 0.15) is 17.7 Å². The first-order valence-corrected chi connectivity index (χ1v) is 12.0. The molecule has 0 radical (unpaired) electrons. The van der Waals surface area contributed by atoms with Crippen molar-refractivity contribution in [1.29, 1.82) is 0 Å². The highest BCUT2D eigenvalue weighted by Gasteiger charge is 2.53. The van der Waals surface area contributed by atoms with Crippen LogP contribution in [0.2, 0.25) is 0 Å². The number of carbonyl (C=O) groups excluding carboxylic acids is 5. The lowest BCUT2D eigenvalue weighted by molar-refractivity contribution is -0.144. The number of hydrogen-bond donors (Lipinski definition) is 4. The Morgan fingerprint density at radius 1 is 1.03 bits per heavy atom.